The quantitative estimate of drug-likeness (QED) is 0.0242. The van der Waals surface area contributed by atoms with Crippen molar-refractivity contribution in [2.24, 2.45) is 0 Å². The Bertz CT molecular complexity index is 853. The van der Waals surface area contributed by atoms with Gasteiger partial charge in [0, 0.05) is 12.8 Å². The third-order valence-corrected chi connectivity index (χ3v) is 9.62. The Kier molecular flexibility index (Phi) is 35.2. The first kappa shape index (κ1) is 48.7. The molecule has 3 N–H and O–H groups in total. The Morgan fingerprint density at radius 3 is 1.44 bits per heavy atom. The van der Waals surface area contributed by atoms with Crippen LogP contribution in [0.4, 0.5) is 0 Å². The summed E-state index contributed by atoms with van der Waals surface area (Å²) in [5.74, 6) is -0.926. The highest BCUT2D eigenvalue weighted by atomic mass is 31.2. The number of rotatable bonds is 38. The highest BCUT2D eigenvalue weighted by Crippen LogP contribution is 2.43. The van der Waals surface area contributed by atoms with Crippen LogP contribution in [0.2, 0.25) is 0 Å². The Hall–Kier alpha value is -1.29. The molecule has 0 aromatic heterocycles. The lowest BCUT2D eigenvalue weighted by Gasteiger charge is -2.20. The minimum Gasteiger partial charge on any atom is -0.462 e. The average molecular weight is 735 g/mol. The lowest BCUT2D eigenvalue weighted by atomic mass is 10.1. The predicted molar refractivity (Wildman–Crippen MR) is 201 cm³/mol. The Labute approximate surface area is 305 Å². The van der Waals surface area contributed by atoms with Gasteiger partial charge in [-0.05, 0) is 38.5 Å². The van der Waals surface area contributed by atoms with Crippen molar-refractivity contribution < 1.29 is 47.8 Å². The number of hydrogen-bond donors (Lipinski definition) is 3. The van der Waals surface area contributed by atoms with E-state index in [9.17, 15) is 24.2 Å². The summed E-state index contributed by atoms with van der Waals surface area (Å²) in [5.41, 5.74) is 0. The molecule has 0 radical (unpaired) electrons. The van der Waals surface area contributed by atoms with Crippen LogP contribution in [0.25, 0.3) is 0 Å². The summed E-state index contributed by atoms with van der Waals surface area (Å²) in [6.45, 7) is 2.34. The van der Waals surface area contributed by atoms with Crippen molar-refractivity contribution in [2.45, 2.75) is 199 Å². The number of unbranched alkanes of at least 4 members (excludes halogenated alkanes) is 22. The molecule has 0 aliphatic carbocycles. The van der Waals surface area contributed by atoms with E-state index < -0.39 is 51.8 Å². The Balaban J connectivity index is 4.22. The third-order valence-electron chi connectivity index (χ3n) is 8.67. The molecular weight excluding hydrogens is 659 g/mol. The molecule has 3 unspecified atom stereocenters. The number of esters is 2. The van der Waals surface area contributed by atoms with Gasteiger partial charge in [-0.1, -0.05) is 148 Å². The van der Waals surface area contributed by atoms with Gasteiger partial charge < -0.3 is 24.6 Å². The molecule has 50 heavy (non-hydrogen) atoms. The van der Waals surface area contributed by atoms with Crippen molar-refractivity contribution in [1.29, 1.82) is 0 Å². The number of carbonyl (C=O) groups is 2. The predicted octanol–water partition coefficient (Wildman–Crippen LogP) is 10.1. The van der Waals surface area contributed by atoms with Crippen molar-refractivity contribution in [1.82, 2.24) is 0 Å². The molecule has 3 atom stereocenters. The molecule has 0 aromatic carbocycles. The van der Waals surface area contributed by atoms with E-state index in [4.69, 9.17) is 19.1 Å². The van der Waals surface area contributed by atoms with Crippen LogP contribution in [0.15, 0.2) is 12.2 Å². The van der Waals surface area contributed by atoms with Crippen molar-refractivity contribution in [2.75, 3.05) is 26.4 Å². The largest absolute Gasteiger partial charge is 0.472 e. The van der Waals surface area contributed by atoms with Gasteiger partial charge in [-0.25, -0.2) is 4.57 Å². The lowest BCUT2D eigenvalue weighted by Crippen LogP contribution is -2.29. The van der Waals surface area contributed by atoms with Gasteiger partial charge in [0.25, 0.3) is 0 Å². The fourth-order valence-corrected chi connectivity index (χ4v) is 6.31. The van der Waals surface area contributed by atoms with Gasteiger partial charge in [0.05, 0.1) is 19.8 Å². The minimum atomic E-state index is -4.60. The lowest BCUT2D eigenvalue weighted by molar-refractivity contribution is -0.161. The van der Waals surface area contributed by atoms with E-state index in [1.54, 1.807) is 0 Å². The first-order valence-corrected chi connectivity index (χ1v) is 21.6. The van der Waals surface area contributed by atoms with Gasteiger partial charge in [0.15, 0.2) is 6.10 Å². The van der Waals surface area contributed by atoms with Crippen LogP contribution >= 0.6 is 7.82 Å². The summed E-state index contributed by atoms with van der Waals surface area (Å²) in [5, 5.41) is 18.3. The highest BCUT2D eigenvalue weighted by Gasteiger charge is 2.27. The minimum absolute atomic E-state index is 0.186. The van der Waals surface area contributed by atoms with Gasteiger partial charge in [0.1, 0.15) is 12.7 Å². The number of hydrogen-bond acceptors (Lipinski definition) is 9. The van der Waals surface area contributed by atoms with Crippen molar-refractivity contribution in [3.8, 4) is 0 Å². The second-order valence-corrected chi connectivity index (χ2v) is 15.1. The van der Waals surface area contributed by atoms with E-state index in [1.165, 1.54) is 109 Å². The van der Waals surface area contributed by atoms with Gasteiger partial charge in [0.2, 0.25) is 0 Å². The van der Waals surface area contributed by atoms with Crippen LogP contribution in [0.1, 0.15) is 187 Å². The van der Waals surface area contributed by atoms with E-state index in [2.05, 4.69) is 30.5 Å². The SMILES string of the molecule is CCCCCCCC/C=C\CCCCCCCCCCCC(=O)OC(COC(=O)CCCCCCCCCC)COP(=O)(O)OCC(O)CO. The summed E-state index contributed by atoms with van der Waals surface area (Å²) in [6.07, 6.45) is 32.0. The Morgan fingerprint density at radius 2 is 0.980 bits per heavy atom. The molecule has 0 aliphatic rings. The molecule has 0 fully saturated rings. The summed E-state index contributed by atoms with van der Waals surface area (Å²) in [6, 6.07) is 0. The van der Waals surface area contributed by atoms with Crippen molar-refractivity contribution >= 4 is 19.8 Å². The molecule has 296 valence electrons. The molecule has 0 amide bonds. The number of aliphatic hydroxyl groups excluding tert-OH is 2. The first-order chi connectivity index (χ1) is 24.2. The standard InChI is InChI=1S/C39H75O10P/c1-3-5-7-9-11-13-14-15-16-17-18-19-20-21-22-23-25-27-29-31-39(43)49-37(35-48-50(44,45)47-33-36(41)32-40)34-46-38(42)30-28-26-24-12-10-8-6-4-2/h15-16,36-37,40-41H,3-14,17-35H2,1-2H3,(H,44,45)/b16-15-. The maximum Gasteiger partial charge on any atom is 0.472 e. The molecule has 0 aliphatic heterocycles. The number of phosphoric acid groups is 1. The molecule has 0 heterocycles. The van der Waals surface area contributed by atoms with Gasteiger partial charge in [-0.2, -0.15) is 0 Å². The average Bonchev–Trinajstić information content (AvgIpc) is 3.10. The highest BCUT2D eigenvalue weighted by molar-refractivity contribution is 7.47. The summed E-state index contributed by atoms with van der Waals surface area (Å²) >= 11 is 0. The fraction of sp³-hybridized carbons (Fsp3) is 0.897. The molecule has 10 nitrogen and oxygen atoms in total. The maximum atomic E-state index is 12.6. The van der Waals surface area contributed by atoms with E-state index in [0.29, 0.717) is 12.8 Å². The zero-order chi connectivity index (χ0) is 37.0. The number of allylic oxidation sites excluding steroid dienone is 2. The van der Waals surface area contributed by atoms with Gasteiger partial charge in [-0.3, -0.25) is 18.6 Å². The number of ether oxygens (including phenoxy) is 2. The summed E-state index contributed by atoms with van der Waals surface area (Å²) in [7, 11) is -4.60. The van der Waals surface area contributed by atoms with Crippen LogP contribution in [0.3, 0.4) is 0 Å². The van der Waals surface area contributed by atoms with Gasteiger partial charge >= 0.3 is 19.8 Å². The zero-order valence-corrected chi connectivity index (χ0v) is 32.8. The van der Waals surface area contributed by atoms with Crippen LogP contribution < -0.4 is 0 Å². The third kappa shape index (κ3) is 35.1. The molecule has 0 aromatic rings. The number of carbonyl (C=O) groups excluding carboxylic acids is 2. The normalized spacial score (nSPS) is 14.1. The fourth-order valence-electron chi connectivity index (χ4n) is 5.52. The van der Waals surface area contributed by atoms with Crippen LogP contribution in [-0.2, 0) is 32.7 Å². The monoisotopic (exact) mass is 735 g/mol. The summed E-state index contributed by atoms with van der Waals surface area (Å²) in [4.78, 5) is 34.7. The summed E-state index contributed by atoms with van der Waals surface area (Å²) < 4.78 is 32.5. The number of phosphoric ester groups is 1. The smallest absolute Gasteiger partial charge is 0.462 e. The zero-order valence-electron chi connectivity index (χ0n) is 31.9. The first-order valence-electron chi connectivity index (χ1n) is 20.1. The second-order valence-electron chi connectivity index (χ2n) is 13.7. The molecule has 0 rings (SSSR count). The molecule has 11 heteroatoms. The van der Waals surface area contributed by atoms with Gasteiger partial charge in [-0.15, -0.1) is 0 Å². The van der Waals surface area contributed by atoms with Crippen molar-refractivity contribution in [3.63, 3.8) is 0 Å². The molecular formula is C39H75O10P. The van der Waals surface area contributed by atoms with E-state index in [1.807, 2.05) is 0 Å². The van der Waals surface area contributed by atoms with Crippen LogP contribution in [0.5, 0.6) is 0 Å². The second kappa shape index (κ2) is 36.1. The van der Waals surface area contributed by atoms with Crippen LogP contribution in [-0.4, -0.2) is 65.7 Å². The van der Waals surface area contributed by atoms with E-state index >= 15 is 0 Å². The van der Waals surface area contributed by atoms with Crippen molar-refractivity contribution in [3.05, 3.63) is 12.2 Å². The Morgan fingerprint density at radius 1 is 0.580 bits per heavy atom. The van der Waals surface area contributed by atoms with E-state index in [-0.39, 0.29) is 19.4 Å². The maximum absolute atomic E-state index is 12.6. The molecule has 0 saturated carbocycles. The van der Waals surface area contributed by atoms with Crippen LogP contribution in [0, 0.1) is 0 Å². The molecule has 0 saturated heterocycles. The van der Waals surface area contributed by atoms with E-state index in [0.717, 1.165) is 38.5 Å². The molecule has 0 bridgehead atoms. The number of aliphatic hydroxyl groups is 2. The topological polar surface area (TPSA) is 149 Å². The molecule has 0 spiro atoms.